The highest BCUT2D eigenvalue weighted by molar-refractivity contribution is 5.73. The van der Waals surface area contributed by atoms with Gasteiger partial charge in [-0.25, -0.2) is 4.79 Å². The SMILES string of the molecule is CCCNC(c1ccc2c(c1)oc(=O)n2C)C1CCCO1. The number of rotatable bonds is 5. The van der Waals surface area contributed by atoms with Gasteiger partial charge in [0.1, 0.15) is 0 Å². The summed E-state index contributed by atoms with van der Waals surface area (Å²) in [6.45, 7) is 3.93. The van der Waals surface area contributed by atoms with Gasteiger partial charge in [0, 0.05) is 13.7 Å². The summed E-state index contributed by atoms with van der Waals surface area (Å²) in [4.78, 5) is 11.6. The summed E-state index contributed by atoms with van der Waals surface area (Å²) in [7, 11) is 1.72. The van der Waals surface area contributed by atoms with E-state index in [0.717, 1.165) is 43.5 Å². The van der Waals surface area contributed by atoms with Gasteiger partial charge in [0.25, 0.3) is 0 Å². The number of hydrogen-bond acceptors (Lipinski definition) is 4. The largest absolute Gasteiger partial charge is 0.419 e. The smallest absolute Gasteiger partial charge is 0.408 e. The fourth-order valence-corrected chi connectivity index (χ4v) is 2.97. The van der Waals surface area contributed by atoms with Crippen molar-refractivity contribution in [1.82, 2.24) is 9.88 Å². The van der Waals surface area contributed by atoms with Gasteiger partial charge in [-0.15, -0.1) is 0 Å². The van der Waals surface area contributed by atoms with Crippen molar-refractivity contribution in [1.29, 1.82) is 0 Å². The van der Waals surface area contributed by atoms with Gasteiger partial charge in [0.15, 0.2) is 5.58 Å². The number of aryl methyl sites for hydroxylation is 1. The lowest BCUT2D eigenvalue weighted by atomic mass is 9.99. The number of nitrogens with zero attached hydrogens (tertiary/aromatic N) is 1. The van der Waals surface area contributed by atoms with Crippen molar-refractivity contribution in [2.75, 3.05) is 13.2 Å². The van der Waals surface area contributed by atoms with Crippen LogP contribution in [0.25, 0.3) is 11.1 Å². The second-order valence-corrected chi connectivity index (χ2v) is 5.64. The van der Waals surface area contributed by atoms with Crippen molar-refractivity contribution in [3.8, 4) is 0 Å². The fourth-order valence-electron chi connectivity index (χ4n) is 2.97. The van der Waals surface area contributed by atoms with Gasteiger partial charge in [0.05, 0.1) is 17.7 Å². The van der Waals surface area contributed by atoms with E-state index in [2.05, 4.69) is 18.3 Å². The lowest BCUT2D eigenvalue weighted by molar-refractivity contribution is 0.0783. The Kier molecular flexibility index (Phi) is 4.12. The molecule has 2 heterocycles. The Hall–Kier alpha value is -1.59. The number of fused-ring (bicyclic) bond motifs is 1. The van der Waals surface area contributed by atoms with Crippen molar-refractivity contribution in [3.05, 3.63) is 34.3 Å². The van der Waals surface area contributed by atoms with Crippen LogP contribution in [-0.2, 0) is 11.8 Å². The predicted octanol–water partition coefficient (Wildman–Crippen LogP) is 2.35. The van der Waals surface area contributed by atoms with Crippen LogP contribution in [0.3, 0.4) is 0 Å². The molecule has 0 amide bonds. The van der Waals surface area contributed by atoms with Crippen LogP contribution in [0, 0.1) is 0 Å². The molecule has 1 fully saturated rings. The molecule has 1 N–H and O–H groups in total. The molecule has 5 heteroatoms. The molecule has 1 aromatic carbocycles. The maximum atomic E-state index is 11.6. The van der Waals surface area contributed by atoms with E-state index in [1.165, 1.54) is 4.57 Å². The zero-order valence-corrected chi connectivity index (χ0v) is 12.6. The molecule has 2 aromatic rings. The van der Waals surface area contributed by atoms with Crippen LogP contribution in [0.15, 0.2) is 27.4 Å². The van der Waals surface area contributed by atoms with Gasteiger partial charge in [-0.2, -0.15) is 0 Å². The number of nitrogens with one attached hydrogen (secondary N) is 1. The highest BCUT2D eigenvalue weighted by Crippen LogP contribution is 2.28. The van der Waals surface area contributed by atoms with Gasteiger partial charge in [-0.1, -0.05) is 13.0 Å². The standard InChI is InChI=1S/C16H22N2O3/c1-3-8-17-15(13-5-4-9-20-13)11-6-7-12-14(10-11)21-16(19)18(12)2/h6-7,10,13,15,17H,3-5,8-9H2,1-2H3. The Labute approximate surface area is 123 Å². The van der Waals surface area contributed by atoms with Crippen LogP contribution in [0.4, 0.5) is 0 Å². The summed E-state index contributed by atoms with van der Waals surface area (Å²) in [6.07, 6.45) is 3.45. The summed E-state index contributed by atoms with van der Waals surface area (Å²) < 4.78 is 12.7. The van der Waals surface area contributed by atoms with Crippen molar-refractivity contribution < 1.29 is 9.15 Å². The van der Waals surface area contributed by atoms with Crippen LogP contribution in [-0.4, -0.2) is 23.8 Å². The molecular formula is C16H22N2O3. The highest BCUT2D eigenvalue weighted by Gasteiger charge is 2.27. The summed E-state index contributed by atoms with van der Waals surface area (Å²) in [5.41, 5.74) is 2.59. The third-order valence-electron chi connectivity index (χ3n) is 4.13. The number of aromatic nitrogens is 1. The first-order valence-electron chi connectivity index (χ1n) is 7.65. The molecule has 1 aliphatic rings. The summed E-state index contributed by atoms with van der Waals surface area (Å²) >= 11 is 0. The molecule has 0 bridgehead atoms. The predicted molar refractivity (Wildman–Crippen MR) is 81.5 cm³/mol. The molecule has 5 nitrogen and oxygen atoms in total. The summed E-state index contributed by atoms with van der Waals surface area (Å²) in [5, 5.41) is 3.56. The van der Waals surface area contributed by atoms with E-state index in [4.69, 9.17) is 9.15 Å². The first-order valence-corrected chi connectivity index (χ1v) is 7.65. The van der Waals surface area contributed by atoms with E-state index in [-0.39, 0.29) is 17.9 Å². The highest BCUT2D eigenvalue weighted by atomic mass is 16.5. The minimum atomic E-state index is -0.322. The fraction of sp³-hybridized carbons (Fsp3) is 0.562. The molecule has 1 saturated heterocycles. The maximum absolute atomic E-state index is 11.6. The number of benzene rings is 1. The minimum Gasteiger partial charge on any atom is -0.408 e. The van der Waals surface area contributed by atoms with E-state index in [0.29, 0.717) is 5.58 Å². The number of hydrogen-bond donors (Lipinski definition) is 1. The lowest BCUT2D eigenvalue weighted by Crippen LogP contribution is -2.32. The number of oxazole rings is 1. The second-order valence-electron chi connectivity index (χ2n) is 5.64. The third-order valence-corrected chi connectivity index (χ3v) is 4.13. The molecule has 3 rings (SSSR count). The quantitative estimate of drug-likeness (QED) is 0.918. The first-order chi connectivity index (χ1) is 10.2. The van der Waals surface area contributed by atoms with Crippen LogP contribution in [0.1, 0.15) is 37.8 Å². The van der Waals surface area contributed by atoms with Crippen molar-refractivity contribution >= 4 is 11.1 Å². The van der Waals surface area contributed by atoms with E-state index < -0.39 is 0 Å². The molecular weight excluding hydrogens is 268 g/mol. The molecule has 2 unspecified atom stereocenters. The normalized spacial score (nSPS) is 20.2. The van der Waals surface area contributed by atoms with Crippen LogP contribution >= 0.6 is 0 Å². The van der Waals surface area contributed by atoms with E-state index >= 15 is 0 Å². The Morgan fingerprint density at radius 2 is 2.33 bits per heavy atom. The van der Waals surface area contributed by atoms with E-state index in [1.54, 1.807) is 7.05 Å². The van der Waals surface area contributed by atoms with Crippen LogP contribution in [0.5, 0.6) is 0 Å². The molecule has 0 spiro atoms. The summed E-state index contributed by atoms with van der Waals surface area (Å²) in [6, 6.07) is 6.13. The molecule has 0 radical (unpaired) electrons. The molecule has 0 saturated carbocycles. The minimum absolute atomic E-state index is 0.155. The Morgan fingerprint density at radius 3 is 3.05 bits per heavy atom. The van der Waals surface area contributed by atoms with Gasteiger partial charge in [0.2, 0.25) is 0 Å². The Morgan fingerprint density at radius 1 is 1.48 bits per heavy atom. The topological polar surface area (TPSA) is 56.4 Å². The average molecular weight is 290 g/mol. The number of ether oxygens (including phenoxy) is 1. The van der Waals surface area contributed by atoms with Crippen molar-refractivity contribution in [2.45, 2.75) is 38.3 Å². The molecule has 21 heavy (non-hydrogen) atoms. The zero-order chi connectivity index (χ0) is 14.8. The second kappa shape index (κ2) is 6.03. The van der Waals surface area contributed by atoms with Crippen LogP contribution in [0.2, 0.25) is 0 Å². The first kappa shape index (κ1) is 14.4. The van der Waals surface area contributed by atoms with E-state index in [1.807, 2.05) is 12.1 Å². The average Bonchev–Trinajstić information content (AvgIpc) is 3.09. The molecule has 0 aliphatic carbocycles. The van der Waals surface area contributed by atoms with Crippen LogP contribution < -0.4 is 11.1 Å². The maximum Gasteiger partial charge on any atom is 0.419 e. The van der Waals surface area contributed by atoms with Gasteiger partial charge in [-0.05, 0) is 43.5 Å². The lowest BCUT2D eigenvalue weighted by Gasteiger charge is -2.24. The van der Waals surface area contributed by atoms with Crippen molar-refractivity contribution in [3.63, 3.8) is 0 Å². The summed E-state index contributed by atoms with van der Waals surface area (Å²) in [5.74, 6) is -0.322. The van der Waals surface area contributed by atoms with E-state index in [9.17, 15) is 4.79 Å². The molecule has 1 aromatic heterocycles. The van der Waals surface area contributed by atoms with Crippen molar-refractivity contribution in [2.24, 2.45) is 7.05 Å². The zero-order valence-electron chi connectivity index (χ0n) is 12.6. The monoisotopic (exact) mass is 290 g/mol. The Bertz CT molecular complexity index is 668. The molecule has 2 atom stereocenters. The molecule has 114 valence electrons. The molecule has 1 aliphatic heterocycles. The van der Waals surface area contributed by atoms with Gasteiger partial charge < -0.3 is 14.5 Å². The van der Waals surface area contributed by atoms with Gasteiger partial charge in [-0.3, -0.25) is 4.57 Å². The Balaban J connectivity index is 1.95. The van der Waals surface area contributed by atoms with Gasteiger partial charge >= 0.3 is 5.76 Å². The third kappa shape index (κ3) is 2.76.